The van der Waals surface area contributed by atoms with E-state index in [0.717, 1.165) is 0 Å². The van der Waals surface area contributed by atoms with Gasteiger partial charge in [-0.3, -0.25) is 0 Å². The van der Waals surface area contributed by atoms with Crippen LogP contribution < -0.4 is 5.11 Å². The lowest BCUT2D eigenvalue weighted by Crippen LogP contribution is -2.50. The Morgan fingerprint density at radius 2 is 1.00 bits per heavy atom. The molecular weight excluding hydrogens is 486 g/mol. The average Bonchev–Trinajstić information content (AvgIpc) is 2.92. The highest BCUT2D eigenvalue weighted by molar-refractivity contribution is 7.91. The van der Waals surface area contributed by atoms with E-state index >= 15 is 0 Å². The van der Waals surface area contributed by atoms with E-state index in [0.29, 0.717) is 9.79 Å². The van der Waals surface area contributed by atoms with Gasteiger partial charge in [0.25, 0.3) is 0 Å². The SMILES string of the molecule is CCCC[N+](CCCC)(CCCC)CCCC.O=C([O-])c1ccc([S+]([O-])c2ccc(C(=O)O)cc2)cc1. The van der Waals surface area contributed by atoms with E-state index in [1.807, 2.05) is 0 Å². The van der Waals surface area contributed by atoms with E-state index < -0.39 is 23.1 Å². The molecule has 0 saturated heterocycles. The molecule has 0 amide bonds. The van der Waals surface area contributed by atoms with E-state index in [4.69, 9.17) is 5.11 Å². The molecule has 2 rings (SSSR count). The van der Waals surface area contributed by atoms with Gasteiger partial charge in [-0.15, -0.1) is 0 Å². The summed E-state index contributed by atoms with van der Waals surface area (Å²) in [5, 5.41) is 19.4. The van der Waals surface area contributed by atoms with Gasteiger partial charge in [-0.05, 0) is 79.8 Å². The van der Waals surface area contributed by atoms with Crippen LogP contribution >= 0.6 is 0 Å². The van der Waals surface area contributed by atoms with E-state index in [-0.39, 0.29) is 11.1 Å². The van der Waals surface area contributed by atoms with Crippen LogP contribution in [0.15, 0.2) is 58.3 Å². The molecule has 0 saturated carbocycles. The normalized spacial score (nSPS) is 11.9. The maximum absolute atomic E-state index is 12.2. The fourth-order valence-electron chi connectivity index (χ4n) is 4.22. The van der Waals surface area contributed by atoms with Gasteiger partial charge >= 0.3 is 5.97 Å². The van der Waals surface area contributed by atoms with E-state index in [1.54, 1.807) is 0 Å². The second-order valence-electron chi connectivity index (χ2n) is 9.56. The zero-order chi connectivity index (χ0) is 27.7. The Bertz CT molecular complexity index is 820. The number of hydrogen-bond donors (Lipinski definition) is 1. The zero-order valence-electron chi connectivity index (χ0n) is 23.0. The fraction of sp³-hybridized carbons (Fsp3) is 0.533. The molecule has 37 heavy (non-hydrogen) atoms. The maximum atomic E-state index is 12.2. The van der Waals surface area contributed by atoms with Crippen molar-refractivity contribution in [3.8, 4) is 0 Å². The van der Waals surface area contributed by atoms with Crippen molar-refractivity contribution in [1.82, 2.24) is 0 Å². The van der Waals surface area contributed by atoms with Crippen molar-refractivity contribution in [3.63, 3.8) is 0 Å². The summed E-state index contributed by atoms with van der Waals surface area (Å²) < 4.78 is 13.6. The lowest BCUT2D eigenvalue weighted by Gasteiger charge is -2.39. The predicted octanol–water partition coefficient (Wildman–Crippen LogP) is 5.92. The number of quaternary nitrogens is 1. The predicted molar refractivity (Wildman–Crippen MR) is 148 cm³/mol. The highest BCUT2D eigenvalue weighted by Gasteiger charge is 2.24. The second-order valence-corrected chi connectivity index (χ2v) is 11.0. The molecule has 0 heterocycles. The summed E-state index contributed by atoms with van der Waals surface area (Å²) in [6, 6.07) is 11.2. The summed E-state index contributed by atoms with van der Waals surface area (Å²) >= 11 is -1.50. The molecule has 0 fully saturated rings. The molecule has 2 aromatic rings. The van der Waals surface area contributed by atoms with Crippen molar-refractivity contribution >= 4 is 23.1 Å². The molecule has 206 valence electrons. The van der Waals surface area contributed by atoms with Crippen LogP contribution in [0, 0.1) is 0 Å². The number of carboxylic acids is 2. The molecule has 0 aliphatic carbocycles. The van der Waals surface area contributed by atoms with Crippen molar-refractivity contribution in [2.75, 3.05) is 26.2 Å². The van der Waals surface area contributed by atoms with Crippen LogP contribution in [-0.4, -0.2) is 52.3 Å². The van der Waals surface area contributed by atoms with Gasteiger partial charge in [0, 0.05) is 11.2 Å². The van der Waals surface area contributed by atoms with Gasteiger partial charge in [-0.2, -0.15) is 0 Å². The van der Waals surface area contributed by atoms with Crippen molar-refractivity contribution in [1.29, 1.82) is 0 Å². The highest BCUT2D eigenvalue weighted by Crippen LogP contribution is 2.21. The lowest BCUT2D eigenvalue weighted by molar-refractivity contribution is -0.929. The monoisotopic (exact) mass is 531 g/mol. The first-order valence-corrected chi connectivity index (χ1v) is 14.8. The summed E-state index contributed by atoms with van der Waals surface area (Å²) in [6.45, 7) is 15.0. The molecule has 0 spiro atoms. The van der Waals surface area contributed by atoms with E-state index in [9.17, 15) is 19.2 Å². The number of carboxylic acid groups (broad SMARTS) is 2. The number of aromatic carboxylic acids is 2. The quantitative estimate of drug-likeness (QED) is 0.214. The highest BCUT2D eigenvalue weighted by atomic mass is 32.2. The molecule has 0 radical (unpaired) electrons. The van der Waals surface area contributed by atoms with Crippen LogP contribution in [0.2, 0.25) is 0 Å². The van der Waals surface area contributed by atoms with Gasteiger partial charge in [-0.1, -0.05) is 53.4 Å². The zero-order valence-corrected chi connectivity index (χ0v) is 23.9. The summed E-state index contributed by atoms with van der Waals surface area (Å²) in [5.74, 6) is -2.35. The van der Waals surface area contributed by atoms with Crippen molar-refractivity contribution in [2.45, 2.75) is 88.9 Å². The standard InChI is InChI=1S/C16H36N.C14H10O5S/c1-5-9-13-17(14-10-6-2,15-11-7-3)16-12-8-4;15-13(16)9-1-5-11(6-2-9)20(19)12-7-3-10(4-8-12)14(17)18/h5-16H2,1-4H3;1-8H,(H,15,16)(H,17,18)/q+1;/p-1. The van der Waals surface area contributed by atoms with Crippen molar-refractivity contribution in [3.05, 3.63) is 59.7 Å². The van der Waals surface area contributed by atoms with Gasteiger partial charge in [-0.25, -0.2) is 4.79 Å². The number of benzene rings is 2. The van der Waals surface area contributed by atoms with Crippen LogP contribution in [-0.2, 0) is 11.2 Å². The Kier molecular flexibility index (Phi) is 15.9. The van der Waals surface area contributed by atoms with Gasteiger partial charge in [0.05, 0.1) is 37.7 Å². The average molecular weight is 532 g/mol. The molecule has 1 unspecified atom stereocenters. The smallest absolute Gasteiger partial charge is 0.335 e. The Morgan fingerprint density at radius 3 is 1.27 bits per heavy atom. The molecule has 1 atom stereocenters. The molecular formula is C30H45NO5S. The van der Waals surface area contributed by atoms with Crippen LogP contribution in [0.5, 0.6) is 0 Å². The van der Waals surface area contributed by atoms with E-state index in [1.165, 1.54) is 131 Å². The van der Waals surface area contributed by atoms with Gasteiger partial charge < -0.3 is 24.0 Å². The molecule has 1 N–H and O–H groups in total. The van der Waals surface area contributed by atoms with Gasteiger partial charge in [0.15, 0.2) is 9.79 Å². The second kappa shape index (κ2) is 18.0. The number of nitrogens with zero attached hydrogens (tertiary/aromatic N) is 1. The molecule has 0 aliphatic heterocycles. The third-order valence-corrected chi connectivity index (χ3v) is 7.96. The van der Waals surface area contributed by atoms with Gasteiger partial charge in [0.2, 0.25) is 0 Å². The largest absolute Gasteiger partial charge is 0.606 e. The van der Waals surface area contributed by atoms with Crippen LogP contribution in [0.4, 0.5) is 0 Å². The van der Waals surface area contributed by atoms with Crippen LogP contribution in [0.25, 0.3) is 0 Å². The minimum atomic E-state index is -1.50. The number of hydrogen-bond acceptors (Lipinski definition) is 4. The van der Waals surface area contributed by atoms with Crippen molar-refractivity contribution < 1.29 is 28.8 Å². The minimum absolute atomic E-state index is 0.00646. The number of unbranched alkanes of at least 4 members (excludes halogenated alkanes) is 4. The lowest BCUT2D eigenvalue weighted by atomic mass is 10.1. The number of carbonyl (C=O) groups excluding carboxylic acids is 1. The van der Waals surface area contributed by atoms with Crippen LogP contribution in [0.1, 0.15) is 99.8 Å². The first-order chi connectivity index (χ1) is 17.7. The number of rotatable bonds is 16. The summed E-state index contributed by atoms with van der Waals surface area (Å²) in [7, 11) is 0. The van der Waals surface area contributed by atoms with E-state index in [2.05, 4.69) is 27.7 Å². The first-order valence-electron chi connectivity index (χ1n) is 13.6. The Balaban J connectivity index is 0.000000377. The molecule has 0 bridgehead atoms. The molecule has 2 aromatic carbocycles. The summed E-state index contributed by atoms with van der Waals surface area (Å²) in [4.78, 5) is 22.2. The maximum Gasteiger partial charge on any atom is 0.335 e. The Labute approximate surface area is 226 Å². The summed E-state index contributed by atoms with van der Waals surface area (Å²) in [5.41, 5.74) is 0.116. The molecule has 0 aromatic heterocycles. The first kappa shape index (κ1) is 32.7. The van der Waals surface area contributed by atoms with Crippen LogP contribution in [0.3, 0.4) is 0 Å². The Morgan fingerprint density at radius 1 is 0.676 bits per heavy atom. The van der Waals surface area contributed by atoms with Crippen molar-refractivity contribution in [2.24, 2.45) is 0 Å². The molecule has 7 heteroatoms. The topological polar surface area (TPSA) is 100 Å². The molecule has 6 nitrogen and oxygen atoms in total. The Hall–Kier alpha value is -2.35. The number of carbonyl (C=O) groups is 2. The summed E-state index contributed by atoms with van der Waals surface area (Å²) in [6.07, 6.45) is 11.1. The fourth-order valence-corrected chi connectivity index (χ4v) is 5.26. The third kappa shape index (κ3) is 11.7. The third-order valence-electron chi connectivity index (χ3n) is 6.56. The molecule has 0 aliphatic rings. The minimum Gasteiger partial charge on any atom is -0.606 e. The van der Waals surface area contributed by atoms with Gasteiger partial charge in [0.1, 0.15) is 0 Å².